The Balaban J connectivity index is 1.20. The van der Waals surface area contributed by atoms with E-state index in [4.69, 9.17) is 4.74 Å². The molecule has 2 aromatic carbocycles. The molecule has 2 saturated heterocycles. The predicted molar refractivity (Wildman–Crippen MR) is 124 cm³/mol. The lowest BCUT2D eigenvalue weighted by molar-refractivity contribution is 0.0195. The van der Waals surface area contributed by atoms with Crippen molar-refractivity contribution >= 4 is 28.5 Å². The van der Waals surface area contributed by atoms with E-state index >= 15 is 0 Å². The number of hydrogen-bond acceptors (Lipinski definition) is 4. The highest BCUT2D eigenvalue weighted by molar-refractivity contribution is 7.98. The van der Waals surface area contributed by atoms with Crippen molar-refractivity contribution in [3.05, 3.63) is 48.0 Å². The fourth-order valence-electron chi connectivity index (χ4n) is 4.34. The third-order valence-corrected chi connectivity index (χ3v) is 6.91. The minimum Gasteiger partial charge on any atom is -0.379 e. The fraction of sp³-hybridized carbons (Fsp3) is 0.522. The van der Waals surface area contributed by atoms with Crippen LogP contribution in [0.4, 0.5) is 0 Å². The molecular weight excluding hydrogens is 380 g/mol. The predicted octanol–water partition coefficient (Wildman–Crippen LogP) is 3.05. The van der Waals surface area contributed by atoms with Gasteiger partial charge in [-0.1, -0.05) is 42.5 Å². The maximum Gasteiger partial charge on any atom is 0.193 e. The number of nitrogens with one attached hydrogen (secondary N) is 1. The van der Waals surface area contributed by atoms with E-state index in [1.54, 1.807) is 0 Å². The molecule has 2 fully saturated rings. The minimum atomic E-state index is 0.637. The number of likely N-dealkylation sites (tertiary alicyclic amines) is 1. The summed E-state index contributed by atoms with van der Waals surface area (Å²) in [6, 6.07) is 15.9. The van der Waals surface area contributed by atoms with E-state index in [1.807, 2.05) is 18.8 Å². The number of aliphatic imine (C=N–C) groups is 1. The van der Waals surface area contributed by atoms with Crippen LogP contribution >= 0.6 is 11.8 Å². The molecule has 2 aliphatic heterocycles. The second-order valence-corrected chi connectivity index (χ2v) is 8.81. The van der Waals surface area contributed by atoms with Crippen LogP contribution in [0.2, 0.25) is 0 Å². The summed E-state index contributed by atoms with van der Waals surface area (Å²) >= 11 is 1.98. The van der Waals surface area contributed by atoms with Crippen molar-refractivity contribution in [3.8, 4) is 0 Å². The molecule has 6 heteroatoms. The van der Waals surface area contributed by atoms with Gasteiger partial charge in [0.15, 0.2) is 5.96 Å². The average Bonchev–Trinajstić information content (AvgIpc) is 3.27. The maximum atomic E-state index is 5.49. The van der Waals surface area contributed by atoms with Crippen molar-refractivity contribution in [1.82, 2.24) is 15.1 Å². The molecule has 0 aromatic heterocycles. The second-order valence-electron chi connectivity index (χ2n) is 7.70. The van der Waals surface area contributed by atoms with E-state index in [0.29, 0.717) is 6.04 Å². The lowest BCUT2D eigenvalue weighted by Crippen LogP contribution is -2.47. The van der Waals surface area contributed by atoms with Gasteiger partial charge in [-0.05, 0) is 22.8 Å². The molecule has 29 heavy (non-hydrogen) atoms. The van der Waals surface area contributed by atoms with Crippen LogP contribution in [0, 0.1) is 0 Å². The number of ether oxygens (including phenoxy) is 1. The van der Waals surface area contributed by atoms with Crippen LogP contribution in [0.5, 0.6) is 0 Å². The first-order valence-corrected chi connectivity index (χ1v) is 11.8. The van der Waals surface area contributed by atoms with Crippen molar-refractivity contribution in [2.24, 2.45) is 4.99 Å². The summed E-state index contributed by atoms with van der Waals surface area (Å²) in [5.41, 5.74) is 1.42. The van der Waals surface area contributed by atoms with E-state index in [2.05, 4.69) is 62.6 Å². The Morgan fingerprint density at radius 3 is 2.83 bits per heavy atom. The molecule has 2 heterocycles. The third-order valence-electron chi connectivity index (χ3n) is 5.90. The van der Waals surface area contributed by atoms with Crippen LogP contribution in [0.25, 0.3) is 10.8 Å². The smallest absolute Gasteiger partial charge is 0.193 e. The zero-order chi connectivity index (χ0) is 19.9. The first-order chi connectivity index (χ1) is 14.3. The number of thioether (sulfide) groups is 1. The Labute approximate surface area is 178 Å². The highest BCUT2D eigenvalue weighted by Crippen LogP contribution is 2.22. The van der Waals surface area contributed by atoms with Crippen LogP contribution < -0.4 is 5.32 Å². The molecule has 156 valence electrons. The number of nitrogens with zero attached hydrogens (tertiary/aromatic N) is 3. The first kappa shape index (κ1) is 20.5. The number of morpholine rings is 1. The Morgan fingerprint density at radius 2 is 1.97 bits per heavy atom. The highest BCUT2D eigenvalue weighted by Gasteiger charge is 2.30. The van der Waals surface area contributed by atoms with E-state index in [-0.39, 0.29) is 0 Å². The molecule has 0 radical (unpaired) electrons. The average molecular weight is 413 g/mol. The molecule has 1 atom stereocenters. The van der Waals surface area contributed by atoms with E-state index < -0.39 is 0 Å². The Bertz CT molecular complexity index is 816. The molecule has 2 aliphatic rings. The van der Waals surface area contributed by atoms with Gasteiger partial charge in [-0.15, -0.1) is 0 Å². The van der Waals surface area contributed by atoms with Gasteiger partial charge in [-0.3, -0.25) is 9.89 Å². The van der Waals surface area contributed by atoms with Crippen molar-refractivity contribution < 1.29 is 4.74 Å². The Hall–Kier alpha value is -1.76. The monoisotopic (exact) mass is 412 g/mol. The van der Waals surface area contributed by atoms with Gasteiger partial charge in [0.2, 0.25) is 0 Å². The van der Waals surface area contributed by atoms with Crippen LogP contribution in [0.3, 0.4) is 0 Å². The summed E-state index contributed by atoms with van der Waals surface area (Å²) in [6.07, 6.45) is 1.22. The summed E-state index contributed by atoms with van der Waals surface area (Å²) in [6.45, 7) is 6.98. The van der Waals surface area contributed by atoms with Gasteiger partial charge < -0.3 is 15.0 Å². The highest BCUT2D eigenvalue weighted by atomic mass is 32.2. The van der Waals surface area contributed by atoms with Gasteiger partial charge >= 0.3 is 0 Å². The lowest BCUT2D eigenvalue weighted by atomic mass is 10.1. The number of guanidine groups is 1. The zero-order valence-corrected chi connectivity index (χ0v) is 18.2. The SMILES string of the molecule is CN=C(NCCSCc1cccc2ccccc12)N1CCC(N2CCOCC2)C1. The maximum absolute atomic E-state index is 5.49. The van der Waals surface area contributed by atoms with E-state index in [9.17, 15) is 0 Å². The van der Waals surface area contributed by atoms with Crippen LogP contribution in [-0.4, -0.2) is 80.5 Å². The first-order valence-electron chi connectivity index (χ1n) is 10.7. The summed E-state index contributed by atoms with van der Waals surface area (Å²) < 4.78 is 5.49. The molecule has 0 amide bonds. The molecule has 0 aliphatic carbocycles. The molecule has 2 aromatic rings. The van der Waals surface area contributed by atoms with Gasteiger partial charge in [0, 0.05) is 57.3 Å². The second kappa shape index (κ2) is 10.3. The molecule has 0 bridgehead atoms. The molecule has 0 spiro atoms. The summed E-state index contributed by atoms with van der Waals surface area (Å²) in [5.74, 6) is 3.17. The molecule has 5 nitrogen and oxygen atoms in total. The third kappa shape index (κ3) is 5.24. The summed E-state index contributed by atoms with van der Waals surface area (Å²) in [4.78, 5) is 9.52. The molecule has 1 N–H and O–H groups in total. The number of rotatable bonds is 6. The number of hydrogen-bond donors (Lipinski definition) is 1. The molecular formula is C23H32N4OS. The van der Waals surface area contributed by atoms with Crippen LogP contribution in [-0.2, 0) is 10.5 Å². The van der Waals surface area contributed by atoms with Gasteiger partial charge in [-0.25, -0.2) is 0 Å². The van der Waals surface area contributed by atoms with Gasteiger partial charge in [0.25, 0.3) is 0 Å². The van der Waals surface area contributed by atoms with Gasteiger partial charge in [0.1, 0.15) is 0 Å². The normalized spacial score (nSPS) is 21.1. The fourth-order valence-corrected chi connectivity index (χ4v) is 5.21. The summed E-state index contributed by atoms with van der Waals surface area (Å²) in [7, 11) is 1.90. The topological polar surface area (TPSA) is 40.1 Å². The molecule has 0 saturated carbocycles. The van der Waals surface area contributed by atoms with Gasteiger partial charge in [0.05, 0.1) is 13.2 Å². The van der Waals surface area contributed by atoms with Crippen molar-refractivity contribution in [2.45, 2.75) is 18.2 Å². The van der Waals surface area contributed by atoms with E-state index in [1.165, 1.54) is 22.8 Å². The molecule has 4 rings (SSSR count). The van der Waals surface area contributed by atoms with Gasteiger partial charge in [-0.2, -0.15) is 11.8 Å². The van der Waals surface area contributed by atoms with Crippen molar-refractivity contribution in [1.29, 1.82) is 0 Å². The van der Waals surface area contributed by atoms with Crippen molar-refractivity contribution in [3.63, 3.8) is 0 Å². The summed E-state index contributed by atoms with van der Waals surface area (Å²) in [5, 5.41) is 6.27. The zero-order valence-electron chi connectivity index (χ0n) is 17.3. The lowest BCUT2D eigenvalue weighted by Gasteiger charge is -2.32. The van der Waals surface area contributed by atoms with E-state index in [0.717, 1.165) is 63.4 Å². The largest absolute Gasteiger partial charge is 0.379 e. The standard InChI is InChI=1S/C23H32N4OS/c1-24-23(27-11-9-21(17-27)26-12-14-28-15-13-26)25-10-16-29-18-20-7-4-6-19-5-2-3-8-22(19)20/h2-8,21H,9-18H2,1H3,(H,24,25). The van der Waals surface area contributed by atoms with Crippen LogP contribution in [0.1, 0.15) is 12.0 Å². The van der Waals surface area contributed by atoms with Crippen LogP contribution in [0.15, 0.2) is 47.5 Å². The number of benzene rings is 2. The Morgan fingerprint density at radius 1 is 1.14 bits per heavy atom. The Kier molecular flexibility index (Phi) is 7.30. The quantitative estimate of drug-likeness (QED) is 0.449. The molecule has 1 unspecified atom stereocenters. The minimum absolute atomic E-state index is 0.637. The van der Waals surface area contributed by atoms with Crippen molar-refractivity contribution in [2.75, 3.05) is 58.7 Å². The number of fused-ring (bicyclic) bond motifs is 1.